The lowest BCUT2D eigenvalue weighted by molar-refractivity contribution is -0.137. The van der Waals surface area contributed by atoms with Crippen LogP contribution in [0.2, 0.25) is 0 Å². The Balaban J connectivity index is 1.60. The van der Waals surface area contributed by atoms with Crippen LogP contribution in [0.15, 0.2) is 53.1 Å². The van der Waals surface area contributed by atoms with Crippen LogP contribution in [0, 0.1) is 5.82 Å². The molecule has 3 aromatic rings. The largest absolute Gasteiger partial charge is 0.497 e. The van der Waals surface area contributed by atoms with Crippen molar-refractivity contribution in [2.75, 3.05) is 14.2 Å². The van der Waals surface area contributed by atoms with Gasteiger partial charge in [0.25, 0.3) is 5.91 Å². The van der Waals surface area contributed by atoms with Crippen molar-refractivity contribution >= 4 is 5.91 Å². The summed E-state index contributed by atoms with van der Waals surface area (Å²) >= 11 is 0. The third-order valence-corrected chi connectivity index (χ3v) is 4.04. The van der Waals surface area contributed by atoms with Crippen molar-refractivity contribution in [3.05, 3.63) is 60.2 Å². The zero-order valence-corrected chi connectivity index (χ0v) is 15.8. The van der Waals surface area contributed by atoms with Gasteiger partial charge in [-0.2, -0.15) is 4.98 Å². The number of ether oxygens (including phenoxy) is 2. The van der Waals surface area contributed by atoms with Crippen LogP contribution < -0.4 is 9.47 Å². The summed E-state index contributed by atoms with van der Waals surface area (Å²) in [7, 11) is 3.21. The van der Waals surface area contributed by atoms with Crippen molar-refractivity contribution in [2.45, 2.75) is 19.6 Å². The van der Waals surface area contributed by atoms with E-state index in [4.69, 9.17) is 14.0 Å². The first-order valence-corrected chi connectivity index (χ1v) is 8.60. The Labute approximate surface area is 161 Å². The minimum atomic E-state index is -0.751. The fourth-order valence-electron chi connectivity index (χ4n) is 2.54. The second-order valence-corrected chi connectivity index (χ2v) is 6.15. The molecule has 0 bridgehead atoms. The van der Waals surface area contributed by atoms with E-state index in [0.29, 0.717) is 17.5 Å². The van der Waals surface area contributed by atoms with E-state index in [9.17, 15) is 9.18 Å². The molecular formula is C20H20FN3O4. The topological polar surface area (TPSA) is 77.7 Å². The van der Waals surface area contributed by atoms with Gasteiger partial charge in [-0.25, -0.2) is 4.39 Å². The number of hydrogen-bond acceptors (Lipinski definition) is 6. The smallest absolute Gasteiger partial charge is 0.263 e. The third kappa shape index (κ3) is 4.64. The molecule has 1 unspecified atom stereocenters. The van der Waals surface area contributed by atoms with Crippen molar-refractivity contribution in [1.29, 1.82) is 0 Å². The molecule has 1 amide bonds. The van der Waals surface area contributed by atoms with Gasteiger partial charge in [-0.1, -0.05) is 5.16 Å². The summed E-state index contributed by atoms with van der Waals surface area (Å²) in [6, 6.07) is 12.7. The second-order valence-electron chi connectivity index (χ2n) is 6.15. The number of likely N-dealkylation sites (N-methyl/N-ethyl adjacent to an activating group) is 1. The molecule has 0 saturated heterocycles. The molecule has 0 fully saturated rings. The number of hydrogen-bond donors (Lipinski definition) is 0. The Kier molecular flexibility index (Phi) is 5.88. The number of rotatable bonds is 7. The number of nitrogens with zero attached hydrogens (tertiary/aromatic N) is 3. The van der Waals surface area contributed by atoms with E-state index < -0.39 is 6.10 Å². The maximum absolute atomic E-state index is 13.0. The molecule has 146 valence electrons. The average Bonchev–Trinajstić information content (AvgIpc) is 3.17. The first-order valence-electron chi connectivity index (χ1n) is 8.60. The van der Waals surface area contributed by atoms with E-state index in [0.717, 1.165) is 11.3 Å². The van der Waals surface area contributed by atoms with Gasteiger partial charge in [-0.05, 0) is 55.5 Å². The first kappa shape index (κ1) is 19.3. The highest BCUT2D eigenvalue weighted by molar-refractivity contribution is 5.80. The molecule has 0 spiro atoms. The van der Waals surface area contributed by atoms with E-state index in [2.05, 4.69) is 10.1 Å². The van der Waals surface area contributed by atoms with Gasteiger partial charge in [0.15, 0.2) is 6.10 Å². The molecule has 7 nitrogen and oxygen atoms in total. The molecule has 1 aromatic heterocycles. The minimum absolute atomic E-state index is 0.138. The highest BCUT2D eigenvalue weighted by atomic mass is 19.1. The van der Waals surface area contributed by atoms with Crippen LogP contribution >= 0.6 is 0 Å². The zero-order chi connectivity index (χ0) is 20.1. The SMILES string of the molecule is COc1ccc(-c2noc(CN(C)C(=O)C(C)Oc3ccc(F)cc3)n2)cc1. The first-order chi connectivity index (χ1) is 13.5. The van der Waals surface area contributed by atoms with Crippen molar-refractivity contribution in [1.82, 2.24) is 15.0 Å². The van der Waals surface area contributed by atoms with Gasteiger partial charge in [0.2, 0.25) is 11.7 Å². The van der Waals surface area contributed by atoms with Gasteiger partial charge in [-0.3, -0.25) is 4.79 Å². The highest BCUT2D eigenvalue weighted by Crippen LogP contribution is 2.20. The average molecular weight is 385 g/mol. The molecule has 0 aliphatic heterocycles. The van der Waals surface area contributed by atoms with Crippen LogP contribution in [-0.4, -0.2) is 41.2 Å². The molecule has 1 atom stereocenters. The summed E-state index contributed by atoms with van der Waals surface area (Å²) in [6.45, 7) is 1.76. The van der Waals surface area contributed by atoms with Crippen LogP contribution in [0.5, 0.6) is 11.5 Å². The fourth-order valence-corrected chi connectivity index (χ4v) is 2.54. The number of carbonyl (C=O) groups is 1. The lowest BCUT2D eigenvalue weighted by Crippen LogP contribution is -2.37. The fraction of sp³-hybridized carbons (Fsp3) is 0.250. The molecule has 1 heterocycles. The van der Waals surface area contributed by atoms with Crippen LogP contribution in [0.1, 0.15) is 12.8 Å². The molecule has 0 N–H and O–H groups in total. The van der Waals surface area contributed by atoms with Crippen molar-refractivity contribution in [3.63, 3.8) is 0 Å². The van der Waals surface area contributed by atoms with E-state index >= 15 is 0 Å². The Morgan fingerprint density at radius 3 is 2.43 bits per heavy atom. The summed E-state index contributed by atoms with van der Waals surface area (Å²) in [5, 5.41) is 3.94. The van der Waals surface area contributed by atoms with Gasteiger partial charge in [0, 0.05) is 12.6 Å². The highest BCUT2D eigenvalue weighted by Gasteiger charge is 2.21. The Morgan fingerprint density at radius 2 is 1.79 bits per heavy atom. The normalized spacial score (nSPS) is 11.7. The van der Waals surface area contributed by atoms with Crippen LogP contribution in [0.3, 0.4) is 0 Å². The minimum Gasteiger partial charge on any atom is -0.497 e. The molecule has 0 aliphatic rings. The number of methoxy groups -OCH3 is 1. The predicted molar refractivity (Wildman–Crippen MR) is 99.3 cm³/mol. The molecule has 0 aliphatic carbocycles. The zero-order valence-electron chi connectivity index (χ0n) is 15.8. The summed E-state index contributed by atoms with van der Waals surface area (Å²) in [5.74, 6) is 1.23. The number of halogens is 1. The molecule has 0 saturated carbocycles. The Morgan fingerprint density at radius 1 is 1.14 bits per heavy atom. The lowest BCUT2D eigenvalue weighted by atomic mass is 10.2. The van der Waals surface area contributed by atoms with Crippen LogP contribution in [0.4, 0.5) is 4.39 Å². The van der Waals surface area contributed by atoms with Gasteiger partial charge >= 0.3 is 0 Å². The molecule has 8 heteroatoms. The van der Waals surface area contributed by atoms with E-state index in [1.807, 2.05) is 12.1 Å². The Hall–Kier alpha value is -3.42. The van der Waals surface area contributed by atoms with Crippen molar-refractivity contribution in [2.24, 2.45) is 0 Å². The number of aromatic nitrogens is 2. The summed E-state index contributed by atoms with van der Waals surface area (Å²) in [5.41, 5.74) is 0.776. The van der Waals surface area contributed by atoms with Gasteiger partial charge < -0.3 is 18.9 Å². The monoisotopic (exact) mass is 385 g/mol. The standard InChI is InChI=1S/C20H20FN3O4/c1-13(27-17-10-6-15(21)7-11-17)20(25)24(2)12-18-22-19(23-28-18)14-4-8-16(26-3)9-5-14/h4-11,13H,12H2,1-3H3. The molecule has 0 radical (unpaired) electrons. The van der Waals surface area contributed by atoms with Crippen molar-refractivity contribution < 1.29 is 23.2 Å². The summed E-state index contributed by atoms with van der Waals surface area (Å²) < 4.78 is 28.9. The molecule has 2 aromatic carbocycles. The van der Waals surface area contributed by atoms with E-state index in [1.54, 1.807) is 33.2 Å². The third-order valence-electron chi connectivity index (χ3n) is 4.04. The quantitative estimate of drug-likeness (QED) is 0.621. The van der Waals surface area contributed by atoms with Gasteiger partial charge in [0.1, 0.15) is 17.3 Å². The Bertz CT molecular complexity index is 925. The van der Waals surface area contributed by atoms with Gasteiger partial charge in [-0.15, -0.1) is 0 Å². The van der Waals surface area contributed by atoms with E-state index in [1.165, 1.54) is 29.2 Å². The lowest BCUT2D eigenvalue weighted by Gasteiger charge is -2.20. The summed E-state index contributed by atoms with van der Waals surface area (Å²) in [6.07, 6.45) is -0.751. The predicted octanol–water partition coefficient (Wildman–Crippen LogP) is 3.31. The second kappa shape index (κ2) is 8.51. The van der Waals surface area contributed by atoms with Crippen molar-refractivity contribution in [3.8, 4) is 22.9 Å². The molecular weight excluding hydrogens is 365 g/mol. The summed E-state index contributed by atoms with van der Waals surface area (Å²) in [4.78, 5) is 18.2. The number of amides is 1. The number of carbonyl (C=O) groups excluding carboxylic acids is 1. The van der Waals surface area contributed by atoms with E-state index in [-0.39, 0.29) is 18.3 Å². The maximum Gasteiger partial charge on any atom is 0.263 e. The molecule has 28 heavy (non-hydrogen) atoms. The van der Waals surface area contributed by atoms with Crippen LogP contribution in [0.25, 0.3) is 11.4 Å². The maximum atomic E-state index is 13.0. The molecule has 3 rings (SSSR count). The van der Waals surface area contributed by atoms with Gasteiger partial charge in [0.05, 0.1) is 13.7 Å². The van der Waals surface area contributed by atoms with Crippen LogP contribution in [-0.2, 0) is 11.3 Å². The number of benzene rings is 2.